The van der Waals surface area contributed by atoms with Crippen molar-refractivity contribution < 1.29 is 18.7 Å². The Kier molecular flexibility index (Phi) is 6.73. The number of benzene rings is 2. The van der Waals surface area contributed by atoms with Crippen molar-refractivity contribution in [2.75, 3.05) is 12.4 Å². The first-order chi connectivity index (χ1) is 16.6. The third-order valence-electron chi connectivity index (χ3n) is 5.77. The molecule has 1 aliphatic rings. The van der Waals surface area contributed by atoms with E-state index in [1.165, 1.54) is 24.2 Å². The quantitative estimate of drug-likeness (QED) is 0.280. The number of carbonyl (C=O) groups excluding carboxylic acids is 1. The second-order valence-corrected chi connectivity index (χ2v) is 10.5. The average Bonchev–Trinajstić information content (AvgIpc) is 3.58. The fourth-order valence-corrected chi connectivity index (χ4v) is 5.96. The summed E-state index contributed by atoms with van der Waals surface area (Å²) in [5.74, 6) is 1.83. The van der Waals surface area contributed by atoms with Gasteiger partial charge in [-0.05, 0) is 50.8 Å². The minimum Gasteiger partial charge on any atom is -0.493 e. The SMILES string of the molecule is COc1ccc(NC(=O)c2oc3ccccc3c2CSc2nnc(C)s2)cc1OC1CCCC1. The van der Waals surface area contributed by atoms with Crippen molar-refractivity contribution >= 4 is 45.7 Å². The number of rotatable bonds is 8. The molecule has 0 radical (unpaired) electrons. The van der Waals surface area contributed by atoms with E-state index in [0.29, 0.717) is 34.3 Å². The molecule has 0 atom stereocenters. The van der Waals surface area contributed by atoms with E-state index in [0.717, 1.165) is 33.1 Å². The predicted molar refractivity (Wildman–Crippen MR) is 134 cm³/mol. The fourth-order valence-electron chi connectivity index (χ4n) is 4.12. The first-order valence-electron chi connectivity index (χ1n) is 11.2. The van der Waals surface area contributed by atoms with E-state index in [9.17, 15) is 4.79 Å². The highest BCUT2D eigenvalue weighted by Crippen LogP contribution is 2.36. The van der Waals surface area contributed by atoms with Gasteiger partial charge in [0, 0.05) is 28.5 Å². The summed E-state index contributed by atoms with van der Waals surface area (Å²) in [6, 6.07) is 13.1. The number of furan rings is 1. The number of fused-ring (bicyclic) bond motifs is 1. The normalized spacial score (nSPS) is 13.9. The molecule has 0 aliphatic heterocycles. The number of methoxy groups -OCH3 is 1. The number of aryl methyl sites for hydroxylation is 1. The molecule has 1 fully saturated rings. The highest BCUT2D eigenvalue weighted by atomic mass is 32.2. The molecule has 34 heavy (non-hydrogen) atoms. The Morgan fingerprint density at radius 3 is 2.76 bits per heavy atom. The highest BCUT2D eigenvalue weighted by molar-refractivity contribution is 8.00. The first-order valence-corrected chi connectivity index (χ1v) is 13.0. The van der Waals surface area contributed by atoms with Crippen molar-refractivity contribution in [3.8, 4) is 11.5 Å². The Labute approximate surface area is 205 Å². The molecule has 1 amide bonds. The number of thioether (sulfide) groups is 1. The number of anilines is 1. The summed E-state index contributed by atoms with van der Waals surface area (Å²) in [4.78, 5) is 13.3. The van der Waals surface area contributed by atoms with E-state index in [1.807, 2.05) is 43.3 Å². The number of hydrogen-bond acceptors (Lipinski definition) is 8. The lowest BCUT2D eigenvalue weighted by Gasteiger charge is -2.17. The van der Waals surface area contributed by atoms with E-state index in [4.69, 9.17) is 13.9 Å². The van der Waals surface area contributed by atoms with E-state index in [1.54, 1.807) is 24.9 Å². The summed E-state index contributed by atoms with van der Waals surface area (Å²) in [6.45, 7) is 1.92. The van der Waals surface area contributed by atoms with Gasteiger partial charge in [-0.3, -0.25) is 4.79 Å². The lowest BCUT2D eigenvalue weighted by atomic mass is 10.1. The van der Waals surface area contributed by atoms with Crippen LogP contribution in [-0.2, 0) is 5.75 Å². The maximum absolute atomic E-state index is 13.3. The number of carbonyl (C=O) groups is 1. The molecule has 2 aromatic carbocycles. The van der Waals surface area contributed by atoms with Crippen LogP contribution >= 0.6 is 23.1 Å². The number of hydrogen-bond donors (Lipinski definition) is 1. The molecule has 1 aliphatic carbocycles. The minimum absolute atomic E-state index is 0.183. The Balaban J connectivity index is 1.39. The van der Waals surface area contributed by atoms with Gasteiger partial charge >= 0.3 is 0 Å². The van der Waals surface area contributed by atoms with E-state index in [-0.39, 0.29) is 12.0 Å². The third-order valence-corrected chi connectivity index (χ3v) is 7.77. The molecule has 4 aromatic rings. The van der Waals surface area contributed by atoms with Crippen molar-refractivity contribution in [1.82, 2.24) is 10.2 Å². The van der Waals surface area contributed by atoms with E-state index in [2.05, 4.69) is 15.5 Å². The Morgan fingerprint density at radius 1 is 1.18 bits per heavy atom. The zero-order chi connectivity index (χ0) is 23.5. The molecule has 176 valence electrons. The third kappa shape index (κ3) is 4.90. The van der Waals surface area contributed by atoms with E-state index < -0.39 is 0 Å². The van der Waals surface area contributed by atoms with Crippen molar-refractivity contribution in [1.29, 1.82) is 0 Å². The number of aromatic nitrogens is 2. The summed E-state index contributed by atoms with van der Waals surface area (Å²) >= 11 is 3.08. The van der Waals surface area contributed by atoms with Gasteiger partial charge in [-0.25, -0.2) is 0 Å². The second-order valence-electron chi connectivity index (χ2n) is 8.13. The molecule has 0 unspecified atom stereocenters. The molecule has 5 rings (SSSR count). The molecule has 1 N–H and O–H groups in total. The first kappa shape index (κ1) is 22.7. The summed E-state index contributed by atoms with van der Waals surface area (Å²) in [6.07, 6.45) is 4.60. The van der Waals surface area contributed by atoms with Gasteiger partial charge in [-0.15, -0.1) is 10.2 Å². The standard InChI is InChI=1S/C25H25N3O4S2/c1-15-27-28-25(34-15)33-14-19-18-9-5-6-10-20(18)32-23(19)24(29)26-16-11-12-21(30-2)22(13-16)31-17-7-3-4-8-17/h5-6,9-13,17H,3-4,7-8,14H2,1-2H3,(H,26,29). The molecule has 0 bridgehead atoms. The lowest BCUT2D eigenvalue weighted by Crippen LogP contribution is -2.14. The van der Waals surface area contributed by atoms with Crippen LogP contribution in [-0.4, -0.2) is 29.3 Å². The van der Waals surface area contributed by atoms with E-state index >= 15 is 0 Å². The number of para-hydroxylation sites is 1. The number of ether oxygens (including phenoxy) is 2. The molecule has 2 aromatic heterocycles. The summed E-state index contributed by atoms with van der Waals surface area (Å²) in [7, 11) is 1.62. The molecule has 1 saturated carbocycles. The summed E-state index contributed by atoms with van der Waals surface area (Å²) in [5.41, 5.74) is 2.14. The molecular weight excluding hydrogens is 470 g/mol. The van der Waals surface area contributed by atoms with Gasteiger partial charge in [0.15, 0.2) is 21.6 Å². The smallest absolute Gasteiger partial charge is 0.291 e. The van der Waals surface area contributed by atoms with Crippen LogP contribution < -0.4 is 14.8 Å². The Morgan fingerprint density at radius 2 is 2.00 bits per heavy atom. The van der Waals surface area contributed by atoms with Gasteiger partial charge in [0.1, 0.15) is 10.6 Å². The number of nitrogens with zero attached hydrogens (tertiary/aromatic N) is 2. The van der Waals surface area contributed by atoms with Crippen LogP contribution in [0.25, 0.3) is 11.0 Å². The molecule has 0 spiro atoms. The monoisotopic (exact) mass is 495 g/mol. The van der Waals surface area contributed by atoms with Crippen molar-refractivity contribution in [2.24, 2.45) is 0 Å². The minimum atomic E-state index is -0.308. The maximum atomic E-state index is 13.3. The van der Waals surface area contributed by atoms with Gasteiger partial charge in [0.25, 0.3) is 5.91 Å². The molecule has 0 saturated heterocycles. The Hall–Kier alpha value is -3.04. The van der Waals surface area contributed by atoms with Gasteiger partial charge in [0.2, 0.25) is 0 Å². The van der Waals surface area contributed by atoms with Gasteiger partial charge in [0.05, 0.1) is 13.2 Å². The molecule has 9 heteroatoms. The number of amides is 1. The largest absolute Gasteiger partial charge is 0.493 e. The fraction of sp³-hybridized carbons (Fsp3) is 0.320. The van der Waals surface area contributed by atoms with Crippen LogP contribution in [0.1, 0.15) is 46.8 Å². The van der Waals surface area contributed by atoms with Crippen LogP contribution in [0.4, 0.5) is 5.69 Å². The molecular formula is C25H25N3O4S2. The zero-order valence-electron chi connectivity index (χ0n) is 19.0. The van der Waals surface area contributed by atoms with Crippen LogP contribution in [0.3, 0.4) is 0 Å². The predicted octanol–water partition coefficient (Wildman–Crippen LogP) is 6.47. The summed E-state index contributed by atoms with van der Waals surface area (Å²) in [5, 5.41) is 13.1. The van der Waals surface area contributed by atoms with Gasteiger partial charge in [-0.1, -0.05) is 41.3 Å². The summed E-state index contributed by atoms with van der Waals surface area (Å²) < 4.78 is 18.5. The Bertz CT molecular complexity index is 1310. The number of nitrogens with one attached hydrogen (secondary N) is 1. The second kappa shape index (κ2) is 10.1. The highest BCUT2D eigenvalue weighted by Gasteiger charge is 2.23. The topological polar surface area (TPSA) is 86.5 Å². The van der Waals surface area contributed by atoms with Gasteiger partial charge in [-0.2, -0.15) is 0 Å². The van der Waals surface area contributed by atoms with Crippen LogP contribution in [0.2, 0.25) is 0 Å². The van der Waals surface area contributed by atoms with Crippen LogP contribution in [0, 0.1) is 6.92 Å². The maximum Gasteiger partial charge on any atom is 0.291 e. The van der Waals surface area contributed by atoms with Crippen molar-refractivity contribution in [3.05, 3.63) is 58.8 Å². The zero-order valence-corrected chi connectivity index (χ0v) is 20.6. The molecule has 2 heterocycles. The van der Waals surface area contributed by atoms with Crippen molar-refractivity contribution in [2.45, 2.75) is 48.8 Å². The lowest BCUT2D eigenvalue weighted by molar-refractivity contribution is 0.0998. The van der Waals surface area contributed by atoms with Crippen LogP contribution in [0.15, 0.2) is 51.2 Å². The van der Waals surface area contributed by atoms with Gasteiger partial charge < -0.3 is 19.2 Å². The van der Waals surface area contributed by atoms with Crippen LogP contribution in [0.5, 0.6) is 11.5 Å². The molecule has 7 nitrogen and oxygen atoms in total. The van der Waals surface area contributed by atoms with Crippen molar-refractivity contribution in [3.63, 3.8) is 0 Å². The average molecular weight is 496 g/mol.